The van der Waals surface area contributed by atoms with E-state index in [-0.39, 0.29) is 23.0 Å². The SMILES string of the molecule is N#CC(N)=C(SO)C(N)=Nc1c(F)cc(C(F)(F)F)cc1Cl. The lowest BCUT2D eigenvalue weighted by atomic mass is 10.2. The number of allylic oxidation sites excluding steroid dienone is 1. The Morgan fingerprint density at radius 2 is 1.95 bits per heavy atom. The van der Waals surface area contributed by atoms with Crippen molar-refractivity contribution < 1.29 is 22.1 Å². The number of benzene rings is 1. The van der Waals surface area contributed by atoms with E-state index in [1.807, 2.05) is 0 Å². The van der Waals surface area contributed by atoms with Crippen LogP contribution in [0.15, 0.2) is 27.7 Å². The summed E-state index contributed by atoms with van der Waals surface area (Å²) in [5.41, 5.74) is 8.20. The third-order valence-corrected chi connectivity index (χ3v) is 3.17. The number of nitriles is 1. The number of hydrogen-bond acceptors (Lipinski definition) is 5. The zero-order valence-electron chi connectivity index (χ0n) is 10.4. The summed E-state index contributed by atoms with van der Waals surface area (Å²) in [5.74, 6) is -1.95. The van der Waals surface area contributed by atoms with Gasteiger partial charge in [0, 0.05) is 12.0 Å². The fourth-order valence-electron chi connectivity index (χ4n) is 1.29. The van der Waals surface area contributed by atoms with Crippen molar-refractivity contribution >= 4 is 35.2 Å². The summed E-state index contributed by atoms with van der Waals surface area (Å²) in [6.07, 6.45) is -4.78. The zero-order valence-corrected chi connectivity index (χ0v) is 12.0. The predicted molar refractivity (Wildman–Crippen MR) is 74.7 cm³/mol. The summed E-state index contributed by atoms with van der Waals surface area (Å²) in [7, 11) is 0. The summed E-state index contributed by atoms with van der Waals surface area (Å²) in [6, 6.07) is 2.15. The van der Waals surface area contributed by atoms with Gasteiger partial charge in [0.2, 0.25) is 0 Å². The molecule has 0 saturated heterocycles. The van der Waals surface area contributed by atoms with E-state index in [2.05, 4.69) is 4.99 Å². The molecule has 0 amide bonds. The van der Waals surface area contributed by atoms with Crippen LogP contribution in [0.5, 0.6) is 0 Å². The van der Waals surface area contributed by atoms with Crippen LogP contribution in [0.3, 0.4) is 0 Å². The number of halogens is 5. The van der Waals surface area contributed by atoms with Crippen molar-refractivity contribution in [2.24, 2.45) is 16.5 Å². The third-order valence-electron chi connectivity index (χ3n) is 2.27. The second-order valence-corrected chi connectivity index (χ2v) is 4.73. The fraction of sp³-hybridized carbons (Fsp3) is 0.0909. The Balaban J connectivity index is 3.42. The van der Waals surface area contributed by atoms with Crippen LogP contribution in [0.2, 0.25) is 5.02 Å². The van der Waals surface area contributed by atoms with Crippen LogP contribution in [0.4, 0.5) is 23.2 Å². The first-order valence-corrected chi connectivity index (χ1v) is 6.39. The van der Waals surface area contributed by atoms with E-state index in [1.165, 1.54) is 6.07 Å². The second kappa shape index (κ2) is 6.87. The highest BCUT2D eigenvalue weighted by atomic mass is 35.5. The van der Waals surface area contributed by atoms with E-state index >= 15 is 0 Å². The Morgan fingerprint density at radius 1 is 1.36 bits per heavy atom. The highest BCUT2D eigenvalue weighted by molar-refractivity contribution is 7.98. The maximum Gasteiger partial charge on any atom is 0.416 e. The molecule has 0 aromatic heterocycles. The van der Waals surface area contributed by atoms with Gasteiger partial charge in [0.1, 0.15) is 28.2 Å². The fourth-order valence-corrected chi connectivity index (χ4v) is 1.83. The molecule has 0 fully saturated rings. The molecule has 0 saturated carbocycles. The molecule has 0 heterocycles. The molecule has 0 aliphatic heterocycles. The van der Waals surface area contributed by atoms with Crippen molar-refractivity contribution in [3.05, 3.63) is 39.1 Å². The number of hydrogen-bond donors (Lipinski definition) is 3. The van der Waals surface area contributed by atoms with Gasteiger partial charge in [-0.3, -0.25) is 0 Å². The van der Waals surface area contributed by atoms with Crippen LogP contribution in [0.1, 0.15) is 5.56 Å². The second-order valence-electron chi connectivity index (χ2n) is 3.73. The molecule has 0 aliphatic carbocycles. The monoisotopic (exact) mass is 354 g/mol. The molecule has 0 spiro atoms. The van der Waals surface area contributed by atoms with E-state index in [9.17, 15) is 17.6 Å². The highest BCUT2D eigenvalue weighted by Crippen LogP contribution is 2.37. The van der Waals surface area contributed by atoms with Crippen LogP contribution < -0.4 is 11.5 Å². The molecule has 0 aliphatic rings. The Morgan fingerprint density at radius 3 is 2.36 bits per heavy atom. The standard InChI is InChI=1S/C11H7ClF4N4OS/c12-5-1-4(11(14,15)16)2-6(13)8(5)20-10(19)9(22-21)7(18)3-17/h1-2,21H,18H2,(H2,19,20). The molecule has 0 radical (unpaired) electrons. The largest absolute Gasteiger partial charge is 0.416 e. The lowest BCUT2D eigenvalue weighted by molar-refractivity contribution is -0.137. The van der Waals surface area contributed by atoms with E-state index in [0.29, 0.717) is 6.07 Å². The van der Waals surface area contributed by atoms with Crippen molar-refractivity contribution in [3.8, 4) is 6.07 Å². The van der Waals surface area contributed by atoms with Crippen LogP contribution in [-0.4, -0.2) is 10.4 Å². The van der Waals surface area contributed by atoms with E-state index in [4.69, 9.17) is 32.9 Å². The highest BCUT2D eigenvalue weighted by Gasteiger charge is 2.32. The van der Waals surface area contributed by atoms with Gasteiger partial charge in [-0.1, -0.05) is 11.6 Å². The van der Waals surface area contributed by atoms with Gasteiger partial charge in [0.15, 0.2) is 5.82 Å². The summed E-state index contributed by atoms with van der Waals surface area (Å²) < 4.78 is 60.2. The van der Waals surface area contributed by atoms with E-state index in [0.717, 1.165) is 0 Å². The first-order valence-electron chi connectivity index (χ1n) is 5.23. The molecule has 1 aromatic rings. The Labute approximate surface area is 131 Å². The lowest BCUT2D eigenvalue weighted by Crippen LogP contribution is -2.17. The molecule has 118 valence electrons. The van der Waals surface area contributed by atoms with Crippen molar-refractivity contribution in [2.45, 2.75) is 6.18 Å². The van der Waals surface area contributed by atoms with Gasteiger partial charge in [0.25, 0.3) is 0 Å². The quantitative estimate of drug-likeness (QED) is 0.253. The molecule has 1 aromatic carbocycles. The van der Waals surface area contributed by atoms with Gasteiger partial charge in [-0.25, -0.2) is 9.38 Å². The van der Waals surface area contributed by atoms with Crippen LogP contribution in [-0.2, 0) is 6.18 Å². The first-order chi connectivity index (χ1) is 10.1. The topological polar surface area (TPSA) is 108 Å². The average molecular weight is 355 g/mol. The van der Waals surface area contributed by atoms with Crippen LogP contribution >= 0.6 is 23.6 Å². The molecule has 0 unspecified atom stereocenters. The number of aliphatic imine (C=N–C) groups is 1. The Hall–Kier alpha value is -1.96. The summed E-state index contributed by atoms with van der Waals surface area (Å²) >= 11 is 5.54. The van der Waals surface area contributed by atoms with Crippen molar-refractivity contribution in [1.82, 2.24) is 0 Å². The van der Waals surface area contributed by atoms with Gasteiger partial charge in [-0.15, -0.1) is 0 Å². The summed E-state index contributed by atoms with van der Waals surface area (Å²) in [4.78, 5) is 3.09. The average Bonchev–Trinajstić information content (AvgIpc) is 2.42. The van der Waals surface area contributed by atoms with Gasteiger partial charge in [-0.05, 0) is 12.1 Å². The molecule has 0 bridgehead atoms. The van der Waals surface area contributed by atoms with Crippen molar-refractivity contribution in [1.29, 1.82) is 5.26 Å². The molecule has 11 heteroatoms. The zero-order chi connectivity index (χ0) is 17.1. The summed E-state index contributed by atoms with van der Waals surface area (Å²) in [6.45, 7) is 0. The van der Waals surface area contributed by atoms with Crippen LogP contribution in [0.25, 0.3) is 0 Å². The van der Waals surface area contributed by atoms with Crippen molar-refractivity contribution in [3.63, 3.8) is 0 Å². The van der Waals surface area contributed by atoms with Crippen LogP contribution in [0, 0.1) is 17.1 Å². The maximum atomic E-state index is 13.7. The molecular formula is C11H7ClF4N4OS. The van der Waals surface area contributed by atoms with Gasteiger partial charge < -0.3 is 16.0 Å². The number of nitrogens with zero attached hydrogens (tertiary/aromatic N) is 2. The Bertz CT molecular complexity index is 673. The number of amidine groups is 1. The van der Waals surface area contributed by atoms with Crippen molar-refractivity contribution in [2.75, 3.05) is 0 Å². The van der Waals surface area contributed by atoms with E-state index < -0.39 is 39.8 Å². The number of rotatable bonds is 3. The first kappa shape index (κ1) is 18.1. The lowest BCUT2D eigenvalue weighted by Gasteiger charge is -2.10. The minimum atomic E-state index is -4.78. The molecule has 0 atom stereocenters. The molecule has 22 heavy (non-hydrogen) atoms. The van der Waals surface area contributed by atoms with Gasteiger partial charge >= 0.3 is 6.18 Å². The number of alkyl halides is 3. The van der Waals surface area contributed by atoms with Gasteiger partial charge in [-0.2, -0.15) is 18.4 Å². The molecule has 5 nitrogen and oxygen atoms in total. The minimum absolute atomic E-state index is 0.0201. The molecule has 5 N–H and O–H groups in total. The third kappa shape index (κ3) is 4.03. The van der Waals surface area contributed by atoms with Gasteiger partial charge in [0.05, 0.1) is 10.6 Å². The van der Waals surface area contributed by atoms with E-state index in [1.54, 1.807) is 0 Å². The summed E-state index contributed by atoms with van der Waals surface area (Å²) in [5, 5.41) is 7.95. The number of nitrogens with two attached hydrogens (primary N) is 2. The Kier molecular flexibility index (Phi) is 5.65. The predicted octanol–water partition coefficient (Wildman–Crippen LogP) is 3.39. The smallest absolute Gasteiger partial charge is 0.389 e. The normalized spacial score (nSPS) is 13.6. The molecule has 1 rings (SSSR count). The molecular weight excluding hydrogens is 348 g/mol. The minimum Gasteiger partial charge on any atom is -0.389 e. The maximum absolute atomic E-state index is 13.7.